The van der Waals surface area contributed by atoms with Crippen LogP contribution in [0.5, 0.6) is 0 Å². The van der Waals surface area contributed by atoms with Gasteiger partial charge in [0.15, 0.2) is 11.5 Å². The number of aryl methyl sites for hydroxylation is 1. The summed E-state index contributed by atoms with van der Waals surface area (Å²) in [5.74, 6) is 6.53. The van der Waals surface area contributed by atoms with Crippen LogP contribution in [0, 0.1) is 0 Å². The summed E-state index contributed by atoms with van der Waals surface area (Å²) in [5.41, 5.74) is 3.22. The van der Waals surface area contributed by atoms with Crippen LogP contribution in [0.1, 0.15) is 5.82 Å². The number of rotatable bonds is 7. The second-order valence-electron chi connectivity index (χ2n) is 4.36. The van der Waals surface area contributed by atoms with E-state index in [2.05, 4.69) is 20.5 Å². The van der Waals surface area contributed by atoms with Crippen molar-refractivity contribution in [1.82, 2.24) is 24.6 Å². The van der Waals surface area contributed by atoms with E-state index in [1.165, 1.54) is 0 Å². The highest BCUT2D eigenvalue weighted by atomic mass is 16.3. The molecular weight excluding hydrogens is 262 g/mol. The molecule has 0 aromatic carbocycles. The SMILES string of the molecule is Cn1ncc2c(NN)nc(CN(CCO)CCO)nc21. The Morgan fingerprint density at radius 1 is 1.30 bits per heavy atom. The Hall–Kier alpha value is -1.81. The second kappa shape index (κ2) is 6.57. The third-order valence-electron chi connectivity index (χ3n) is 2.97. The number of nitrogens with one attached hydrogen (secondary N) is 1. The molecule has 0 bridgehead atoms. The van der Waals surface area contributed by atoms with E-state index in [1.54, 1.807) is 17.9 Å². The van der Waals surface area contributed by atoms with E-state index in [0.717, 1.165) is 5.39 Å². The van der Waals surface area contributed by atoms with Crippen molar-refractivity contribution in [2.24, 2.45) is 12.9 Å². The van der Waals surface area contributed by atoms with E-state index in [0.29, 0.717) is 36.9 Å². The van der Waals surface area contributed by atoms with Gasteiger partial charge in [-0.25, -0.2) is 15.8 Å². The molecular formula is C11H19N7O2. The van der Waals surface area contributed by atoms with Gasteiger partial charge in [-0.15, -0.1) is 0 Å². The van der Waals surface area contributed by atoms with Gasteiger partial charge in [-0.3, -0.25) is 9.58 Å². The van der Waals surface area contributed by atoms with Crippen LogP contribution in [-0.2, 0) is 13.6 Å². The molecule has 2 heterocycles. The van der Waals surface area contributed by atoms with Crippen molar-refractivity contribution >= 4 is 16.9 Å². The van der Waals surface area contributed by atoms with Gasteiger partial charge in [0.1, 0.15) is 5.82 Å². The predicted molar refractivity (Wildman–Crippen MR) is 73.6 cm³/mol. The Kier molecular flexibility index (Phi) is 4.79. The Labute approximate surface area is 116 Å². The number of hydrogen-bond acceptors (Lipinski definition) is 8. The summed E-state index contributed by atoms with van der Waals surface area (Å²) in [5, 5.41) is 22.9. The smallest absolute Gasteiger partial charge is 0.163 e. The molecule has 0 saturated heterocycles. The van der Waals surface area contributed by atoms with Gasteiger partial charge in [-0.1, -0.05) is 0 Å². The van der Waals surface area contributed by atoms with Gasteiger partial charge < -0.3 is 15.6 Å². The third kappa shape index (κ3) is 3.02. The van der Waals surface area contributed by atoms with E-state index >= 15 is 0 Å². The lowest BCUT2D eigenvalue weighted by Gasteiger charge is -2.19. The molecule has 20 heavy (non-hydrogen) atoms. The van der Waals surface area contributed by atoms with Crippen LogP contribution < -0.4 is 11.3 Å². The summed E-state index contributed by atoms with van der Waals surface area (Å²) in [4.78, 5) is 10.6. The molecule has 2 aromatic rings. The summed E-state index contributed by atoms with van der Waals surface area (Å²) < 4.78 is 1.64. The van der Waals surface area contributed by atoms with Crippen LogP contribution in [0.3, 0.4) is 0 Å². The molecule has 0 aliphatic carbocycles. The number of nitrogens with two attached hydrogens (primary N) is 1. The summed E-state index contributed by atoms with van der Waals surface area (Å²) in [6.45, 7) is 1.32. The van der Waals surface area contributed by atoms with E-state index < -0.39 is 0 Å². The van der Waals surface area contributed by atoms with Crippen molar-refractivity contribution in [2.45, 2.75) is 6.54 Å². The Balaban J connectivity index is 2.31. The quantitative estimate of drug-likeness (QED) is 0.354. The number of aliphatic hydroxyl groups excluding tert-OH is 2. The van der Waals surface area contributed by atoms with Crippen LogP contribution in [0.15, 0.2) is 6.20 Å². The molecule has 2 aromatic heterocycles. The van der Waals surface area contributed by atoms with Gasteiger partial charge in [0, 0.05) is 20.1 Å². The van der Waals surface area contributed by atoms with Crippen LogP contribution in [0.4, 0.5) is 5.82 Å². The van der Waals surface area contributed by atoms with Crippen molar-refractivity contribution in [2.75, 3.05) is 31.7 Å². The van der Waals surface area contributed by atoms with Crippen molar-refractivity contribution in [3.8, 4) is 0 Å². The first-order chi connectivity index (χ1) is 9.69. The second-order valence-corrected chi connectivity index (χ2v) is 4.36. The highest BCUT2D eigenvalue weighted by Crippen LogP contribution is 2.18. The number of aromatic nitrogens is 4. The summed E-state index contributed by atoms with van der Waals surface area (Å²) in [6.07, 6.45) is 1.65. The first kappa shape index (κ1) is 14.6. The van der Waals surface area contributed by atoms with Crippen LogP contribution in [-0.4, -0.2) is 61.2 Å². The molecule has 0 aliphatic rings. The molecule has 5 N–H and O–H groups in total. The average molecular weight is 281 g/mol. The van der Waals surface area contributed by atoms with Gasteiger partial charge in [0.25, 0.3) is 0 Å². The van der Waals surface area contributed by atoms with E-state index in [1.807, 2.05) is 4.90 Å². The zero-order chi connectivity index (χ0) is 14.5. The molecule has 0 amide bonds. The minimum absolute atomic E-state index is 0.00987. The number of hydrogen-bond donors (Lipinski definition) is 4. The topological polar surface area (TPSA) is 125 Å². The van der Waals surface area contributed by atoms with Gasteiger partial charge >= 0.3 is 0 Å². The fourth-order valence-corrected chi connectivity index (χ4v) is 2.00. The molecule has 0 unspecified atom stereocenters. The zero-order valence-corrected chi connectivity index (χ0v) is 11.3. The fourth-order valence-electron chi connectivity index (χ4n) is 2.00. The maximum Gasteiger partial charge on any atom is 0.163 e. The summed E-state index contributed by atoms with van der Waals surface area (Å²) in [6, 6.07) is 0. The molecule has 2 rings (SSSR count). The first-order valence-electron chi connectivity index (χ1n) is 6.29. The Bertz CT molecular complexity index is 565. The Morgan fingerprint density at radius 3 is 2.60 bits per heavy atom. The van der Waals surface area contributed by atoms with Crippen molar-refractivity contribution < 1.29 is 10.2 Å². The normalized spacial score (nSPS) is 11.4. The maximum atomic E-state index is 9.01. The lowest BCUT2D eigenvalue weighted by molar-refractivity contribution is 0.153. The number of anilines is 1. The lowest BCUT2D eigenvalue weighted by Crippen LogP contribution is -2.30. The highest BCUT2D eigenvalue weighted by molar-refractivity contribution is 5.86. The number of aliphatic hydroxyl groups is 2. The number of fused-ring (bicyclic) bond motifs is 1. The maximum absolute atomic E-state index is 9.01. The molecule has 0 spiro atoms. The van der Waals surface area contributed by atoms with Crippen LogP contribution in [0.25, 0.3) is 11.0 Å². The number of nitrogen functional groups attached to an aromatic ring is 1. The lowest BCUT2D eigenvalue weighted by atomic mass is 10.3. The Morgan fingerprint density at radius 2 is 2.00 bits per heavy atom. The van der Waals surface area contributed by atoms with E-state index in [-0.39, 0.29) is 13.2 Å². The van der Waals surface area contributed by atoms with Gasteiger partial charge in [-0.2, -0.15) is 5.10 Å². The van der Waals surface area contributed by atoms with Crippen LogP contribution >= 0.6 is 0 Å². The van der Waals surface area contributed by atoms with Crippen molar-refractivity contribution in [3.63, 3.8) is 0 Å². The monoisotopic (exact) mass is 281 g/mol. The summed E-state index contributed by atoms with van der Waals surface area (Å²) in [7, 11) is 1.79. The third-order valence-corrected chi connectivity index (χ3v) is 2.97. The predicted octanol–water partition coefficient (Wildman–Crippen LogP) is -1.56. The minimum atomic E-state index is 0.00987. The van der Waals surface area contributed by atoms with Crippen molar-refractivity contribution in [3.05, 3.63) is 12.0 Å². The average Bonchev–Trinajstić information content (AvgIpc) is 2.80. The molecule has 0 saturated carbocycles. The summed E-state index contributed by atoms with van der Waals surface area (Å²) >= 11 is 0. The molecule has 9 nitrogen and oxygen atoms in total. The fraction of sp³-hybridized carbons (Fsp3) is 0.545. The molecule has 0 aliphatic heterocycles. The van der Waals surface area contributed by atoms with Gasteiger partial charge in [0.2, 0.25) is 0 Å². The number of hydrazine groups is 1. The zero-order valence-electron chi connectivity index (χ0n) is 11.3. The van der Waals surface area contributed by atoms with E-state index in [4.69, 9.17) is 16.1 Å². The van der Waals surface area contributed by atoms with E-state index in [9.17, 15) is 0 Å². The molecule has 0 radical (unpaired) electrons. The molecule has 0 atom stereocenters. The molecule has 0 fully saturated rings. The van der Waals surface area contributed by atoms with Crippen LogP contribution in [0.2, 0.25) is 0 Å². The molecule has 9 heteroatoms. The minimum Gasteiger partial charge on any atom is -0.395 e. The first-order valence-corrected chi connectivity index (χ1v) is 6.29. The number of nitrogens with zero attached hydrogens (tertiary/aromatic N) is 5. The highest BCUT2D eigenvalue weighted by Gasteiger charge is 2.13. The van der Waals surface area contributed by atoms with Gasteiger partial charge in [0.05, 0.1) is 31.3 Å². The molecule has 110 valence electrons. The largest absolute Gasteiger partial charge is 0.395 e. The van der Waals surface area contributed by atoms with Crippen molar-refractivity contribution in [1.29, 1.82) is 0 Å². The van der Waals surface area contributed by atoms with Gasteiger partial charge in [-0.05, 0) is 0 Å². The standard InChI is InChI=1S/C11H19N7O2/c1-17-11-8(6-13-17)10(16-12)14-9(15-11)7-18(2-4-19)3-5-20/h6,19-20H,2-5,7,12H2,1H3,(H,14,15,16).